The number of aromatic nitrogens is 1. The number of aromatic hydroxyl groups is 1. The summed E-state index contributed by atoms with van der Waals surface area (Å²) in [5.41, 5.74) is 0.544. The Morgan fingerprint density at radius 1 is 1.31 bits per heavy atom. The van der Waals surface area contributed by atoms with Gasteiger partial charge in [-0.25, -0.2) is 0 Å². The second kappa shape index (κ2) is 4.38. The average Bonchev–Trinajstić information content (AvgIpc) is 2.43. The van der Waals surface area contributed by atoms with Crippen LogP contribution in [-0.2, 0) is 17.2 Å². The zero-order chi connectivity index (χ0) is 11.2. The summed E-state index contributed by atoms with van der Waals surface area (Å²) in [6.45, 7) is 0. The molecule has 2 aromatic rings. The summed E-state index contributed by atoms with van der Waals surface area (Å²) in [6.07, 6.45) is 0. The summed E-state index contributed by atoms with van der Waals surface area (Å²) in [6, 6.07) is 5.82. The Morgan fingerprint density at radius 2 is 1.94 bits per heavy atom. The fourth-order valence-electron chi connectivity index (χ4n) is 1.54. The van der Waals surface area contributed by atoms with E-state index < -0.39 is 10.1 Å². The third-order valence-electron chi connectivity index (χ3n) is 2.25. The summed E-state index contributed by atoms with van der Waals surface area (Å²) >= 11 is 0. The second-order valence-corrected chi connectivity index (χ2v) is 4.63. The van der Waals surface area contributed by atoms with Crippen LogP contribution in [0, 0.1) is 0 Å². The molecule has 1 aromatic carbocycles. The van der Waals surface area contributed by atoms with E-state index in [0.717, 1.165) is 0 Å². The van der Waals surface area contributed by atoms with Gasteiger partial charge in [-0.3, -0.25) is 4.55 Å². The third kappa shape index (κ3) is 2.26. The molecular formula is C9H10NNaO4S. The van der Waals surface area contributed by atoms with E-state index in [1.165, 1.54) is 29.8 Å². The first-order valence-corrected chi connectivity index (χ1v) is 5.59. The first kappa shape index (κ1) is 13.5. The van der Waals surface area contributed by atoms with Crippen LogP contribution in [0.4, 0.5) is 0 Å². The van der Waals surface area contributed by atoms with E-state index in [4.69, 9.17) is 4.55 Å². The fraction of sp³-hybridized carbons (Fsp3) is 0.111. The fourth-order valence-corrected chi connectivity index (χ4v) is 2.26. The molecule has 2 N–H and O–H groups in total. The van der Waals surface area contributed by atoms with Crippen molar-refractivity contribution in [3.8, 4) is 5.75 Å². The molecule has 16 heavy (non-hydrogen) atoms. The van der Waals surface area contributed by atoms with Crippen molar-refractivity contribution < 1.29 is 49.1 Å². The largest absolute Gasteiger partial charge is 1.00 e. The molecule has 7 heteroatoms. The van der Waals surface area contributed by atoms with Gasteiger partial charge in [0, 0.05) is 18.5 Å². The molecule has 0 saturated heterocycles. The topological polar surface area (TPSA) is 79.5 Å². The number of nitrogens with zero attached hydrogens (tertiary/aromatic N) is 1. The first-order chi connectivity index (χ1) is 6.89. The molecule has 0 radical (unpaired) electrons. The number of fused-ring (bicyclic) bond motifs is 1. The number of phenols is 1. The molecule has 0 atom stereocenters. The minimum Gasteiger partial charge on any atom is -1.00 e. The van der Waals surface area contributed by atoms with E-state index in [2.05, 4.69) is 0 Å². The van der Waals surface area contributed by atoms with Gasteiger partial charge < -0.3 is 11.1 Å². The van der Waals surface area contributed by atoms with Crippen LogP contribution in [0.2, 0.25) is 0 Å². The SMILES string of the molecule is Cn1c(S(=O)(=O)O)cc2ccc(O)cc21.[H-].[Na+]. The maximum Gasteiger partial charge on any atom is 1.00 e. The van der Waals surface area contributed by atoms with Gasteiger partial charge >= 0.3 is 39.7 Å². The van der Waals surface area contributed by atoms with Gasteiger partial charge in [-0.1, -0.05) is 0 Å². The van der Waals surface area contributed by atoms with Gasteiger partial charge in [0.15, 0.2) is 5.03 Å². The Morgan fingerprint density at radius 3 is 2.50 bits per heavy atom. The molecule has 5 nitrogen and oxygen atoms in total. The van der Waals surface area contributed by atoms with Crippen molar-refractivity contribution in [1.29, 1.82) is 0 Å². The molecule has 0 spiro atoms. The second-order valence-electron chi connectivity index (χ2n) is 3.26. The molecule has 0 unspecified atom stereocenters. The number of rotatable bonds is 1. The van der Waals surface area contributed by atoms with Crippen molar-refractivity contribution in [3.05, 3.63) is 24.3 Å². The van der Waals surface area contributed by atoms with Crippen molar-refractivity contribution >= 4 is 21.0 Å². The predicted molar refractivity (Wildman–Crippen MR) is 55.5 cm³/mol. The van der Waals surface area contributed by atoms with Gasteiger partial charge in [0.25, 0.3) is 0 Å². The van der Waals surface area contributed by atoms with Gasteiger partial charge in [-0.2, -0.15) is 8.42 Å². The summed E-state index contributed by atoms with van der Waals surface area (Å²) < 4.78 is 32.2. The van der Waals surface area contributed by atoms with E-state index in [9.17, 15) is 13.5 Å². The first-order valence-electron chi connectivity index (χ1n) is 4.15. The Balaban J connectivity index is 0.00000128. The Kier molecular flexibility index (Phi) is 3.71. The van der Waals surface area contributed by atoms with Crippen LogP contribution in [0.25, 0.3) is 10.9 Å². The minimum atomic E-state index is -4.23. The van der Waals surface area contributed by atoms with Gasteiger partial charge in [0.2, 0.25) is 0 Å². The van der Waals surface area contributed by atoms with E-state index >= 15 is 0 Å². The molecule has 2 rings (SSSR count). The molecule has 1 aromatic heterocycles. The zero-order valence-electron chi connectivity index (χ0n) is 9.88. The molecule has 1 heterocycles. The Bertz CT molecular complexity index is 638. The Labute approximate surface area is 116 Å². The van der Waals surface area contributed by atoms with Gasteiger partial charge in [0.1, 0.15) is 5.75 Å². The van der Waals surface area contributed by atoms with Gasteiger partial charge in [-0.15, -0.1) is 0 Å². The minimum absolute atomic E-state index is 0. The zero-order valence-corrected chi connectivity index (χ0v) is 11.7. The number of hydrogen-bond acceptors (Lipinski definition) is 3. The molecule has 0 fully saturated rings. The number of benzene rings is 1. The van der Waals surface area contributed by atoms with E-state index in [-0.39, 0.29) is 41.8 Å². The van der Waals surface area contributed by atoms with Crippen molar-refractivity contribution in [2.75, 3.05) is 0 Å². The van der Waals surface area contributed by atoms with E-state index in [1.807, 2.05) is 0 Å². The summed E-state index contributed by atoms with van der Waals surface area (Å²) in [5, 5.41) is 9.69. The smallest absolute Gasteiger partial charge is 1.00 e. The van der Waals surface area contributed by atoms with Crippen LogP contribution >= 0.6 is 0 Å². The number of hydrogen-bond donors (Lipinski definition) is 2. The van der Waals surface area contributed by atoms with Crippen LogP contribution in [0.3, 0.4) is 0 Å². The van der Waals surface area contributed by atoms with E-state index in [0.29, 0.717) is 10.9 Å². The van der Waals surface area contributed by atoms with Crippen LogP contribution in [0.5, 0.6) is 5.75 Å². The summed E-state index contributed by atoms with van der Waals surface area (Å²) in [5.74, 6) is 0.0468. The Hall–Kier alpha value is -0.530. The van der Waals surface area contributed by atoms with E-state index in [1.54, 1.807) is 6.07 Å². The maximum atomic E-state index is 11.0. The van der Waals surface area contributed by atoms with Crippen LogP contribution in [-0.4, -0.2) is 22.6 Å². The molecule has 82 valence electrons. The molecular weight excluding hydrogens is 241 g/mol. The molecule has 0 saturated carbocycles. The van der Waals surface area contributed by atoms with Crippen molar-refractivity contribution in [2.45, 2.75) is 5.03 Å². The quantitative estimate of drug-likeness (QED) is 0.465. The van der Waals surface area contributed by atoms with Crippen molar-refractivity contribution in [1.82, 2.24) is 4.57 Å². The molecule has 0 aliphatic heterocycles. The molecule has 0 aliphatic rings. The maximum absolute atomic E-state index is 11.0. The van der Waals surface area contributed by atoms with Crippen molar-refractivity contribution in [3.63, 3.8) is 0 Å². The monoisotopic (exact) mass is 251 g/mol. The summed E-state index contributed by atoms with van der Waals surface area (Å²) in [7, 11) is -2.72. The molecule has 0 bridgehead atoms. The third-order valence-corrected chi connectivity index (χ3v) is 3.17. The molecule has 0 amide bonds. The van der Waals surface area contributed by atoms with Gasteiger partial charge in [-0.05, 0) is 18.2 Å². The number of aryl methyl sites for hydroxylation is 1. The standard InChI is InChI=1S/C9H9NO4S.Na.H/c1-10-8-5-7(11)3-2-6(8)4-9(10)15(12,13)14;;/h2-5,11H,1H3,(H,12,13,14);;/q;+1;-1. The van der Waals surface area contributed by atoms with Crippen LogP contribution < -0.4 is 29.6 Å². The predicted octanol–water partition coefficient (Wildman–Crippen LogP) is -1.75. The van der Waals surface area contributed by atoms with Crippen LogP contribution in [0.1, 0.15) is 1.43 Å². The summed E-state index contributed by atoms with van der Waals surface area (Å²) in [4.78, 5) is 0. The number of phenolic OH excluding ortho intramolecular Hbond substituents is 1. The normalized spacial score (nSPS) is 11.4. The van der Waals surface area contributed by atoms with Crippen LogP contribution in [0.15, 0.2) is 29.3 Å². The average molecular weight is 251 g/mol. The van der Waals surface area contributed by atoms with Crippen molar-refractivity contribution in [2.24, 2.45) is 7.05 Å². The molecule has 0 aliphatic carbocycles. The van der Waals surface area contributed by atoms with Gasteiger partial charge in [0.05, 0.1) is 5.52 Å².